The zero-order valence-corrected chi connectivity index (χ0v) is 14.7. The number of furan rings is 1. The van der Waals surface area contributed by atoms with Gasteiger partial charge in [0.15, 0.2) is 6.10 Å². The molecule has 0 radical (unpaired) electrons. The van der Waals surface area contributed by atoms with E-state index in [9.17, 15) is 19.7 Å². The second kappa shape index (κ2) is 9.18. The summed E-state index contributed by atoms with van der Waals surface area (Å²) in [4.78, 5) is 33.7. The van der Waals surface area contributed by atoms with Crippen molar-refractivity contribution >= 4 is 29.5 Å². The zero-order chi connectivity index (χ0) is 19.8. The number of rotatable bonds is 8. The van der Waals surface area contributed by atoms with Gasteiger partial charge in [-0.15, -0.1) is 0 Å². The standard InChI is InChI=1S/C18H18N2O7/c1-3-25-14-6-4-13(5-7-14)19-18(22)12(2)26-17(21)11-9-15-8-10-16(27-15)20(23)24/h4-12H,3H2,1-2H3,(H,19,22)/b11-9+/t12-/m1/s1. The van der Waals surface area contributed by atoms with Crippen molar-refractivity contribution in [3.8, 4) is 5.75 Å². The lowest BCUT2D eigenvalue weighted by atomic mass is 10.3. The van der Waals surface area contributed by atoms with Crippen molar-refractivity contribution in [3.63, 3.8) is 0 Å². The molecule has 0 unspecified atom stereocenters. The minimum Gasteiger partial charge on any atom is -0.494 e. The Bertz CT molecular complexity index is 840. The summed E-state index contributed by atoms with van der Waals surface area (Å²) in [6, 6.07) is 9.26. The summed E-state index contributed by atoms with van der Waals surface area (Å²) in [5, 5.41) is 13.1. The first kappa shape index (κ1) is 19.7. The first-order valence-corrected chi connectivity index (χ1v) is 8.05. The SMILES string of the molecule is CCOc1ccc(NC(=O)[C@@H](C)OC(=O)/C=C/c2ccc([N+](=O)[O-])o2)cc1. The van der Waals surface area contributed by atoms with Crippen molar-refractivity contribution in [2.24, 2.45) is 0 Å². The van der Waals surface area contributed by atoms with Crippen molar-refractivity contribution in [2.45, 2.75) is 20.0 Å². The monoisotopic (exact) mass is 374 g/mol. The van der Waals surface area contributed by atoms with Crippen LogP contribution in [0.4, 0.5) is 11.6 Å². The molecule has 9 nitrogen and oxygen atoms in total. The molecule has 0 bridgehead atoms. The molecule has 142 valence electrons. The number of nitrogens with one attached hydrogen (secondary N) is 1. The maximum absolute atomic E-state index is 12.1. The number of hydrogen-bond donors (Lipinski definition) is 1. The highest BCUT2D eigenvalue weighted by atomic mass is 16.6. The molecule has 0 saturated carbocycles. The first-order chi connectivity index (χ1) is 12.9. The second-order valence-electron chi connectivity index (χ2n) is 5.29. The smallest absolute Gasteiger partial charge is 0.433 e. The lowest BCUT2D eigenvalue weighted by Gasteiger charge is -2.12. The molecule has 0 aliphatic heterocycles. The van der Waals surface area contributed by atoms with E-state index in [0.717, 1.165) is 12.1 Å². The van der Waals surface area contributed by atoms with Gasteiger partial charge < -0.3 is 19.2 Å². The van der Waals surface area contributed by atoms with Crippen molar-refractivity contribution in [2.75, 3.05) is 11.9 Å². The van der Waals surface area contributed by atoms with Gasteiger partial charge >= 0.3 is 11.9 Å². The molecule has 1 N–H and O–H groups in total. The van der Waals surface area contributed by atoms with Crippen LogP contribution in [0.25, 0.3) is 6.08 Å². The average Bonchev–Trinajstić information content (AvgIpc) is 3.11. The third-order valence-corrected chi connectivity index (χ3v) is 3.27. The molecule has 2 aromatic rings. The van der Waals surface area contributed by atoms with Crippen LogP contribution >= 0.6 is 0 Å². The molecule has 9 heteroatoms. The van der Waals surface area contributed by atoms with Crippen LogP contribution in [0.15, 0.2) is 46.9 Å². The van der Waals surface area contributed by atoms with Crippen LogP contribution in [-0.4, -0.2) is 29.5 Å². The molecule has 0 spiro atoms. The fourth-order valence-corrected chi connectivity index (χ4v) is 1.99. The lowest BCUT2D eigenvalue weighted by Crippen LogP contribution is -2.29. The number of benzene rings is 1. The van der Waals surface area contributed by atoms with E-state index < -0.39 is 28.8 Å². The summed E-state index contributed by atoms with van der Waals surface area (Å²) >= 11 is 0. The highest BCUT2D eigenvalue weighted by molar-refractivity contribution is 5.96. The minimum atomic E-state index is -1.04. The molecule has 0 saturated heterocycles. The quantitative estimate of drug-likeness (QED) is 0.326. The van der Waals surface area contributed by atoms with Gasteiger partial charge in [0.1, 0.15) is 16.4 Å². The molecule has 1 amide bonds. The fraction of sp³-hybridized carbons (Fsp3) is 0.222. The van der Waals surface area contributed by atoms with E-state index in [1.165, 1.54) is 19.1 Å². The summed E-state index contributed by atoms with van der Waals surface area (Å²) < 4.78 is 15.2. The molecule has 1 aromatic heterocycles. The Hall–Kier alpha value is -3.62. The van der Waals surface area contributed by atoms with E-state index in [2.05, 4.69) is 5.32 Å². The Morgan fingerprint density at radius 1 is 1.26 bits per heavy atom. The van der Waals surface area contributed by atoms with Crippen molar-refractivity contribution in [1.82, 2.24) is 0 Å². The van der Waals surface area contributed by atoms with Gasteiger partial charge in [0.25, 0.3) is 5.91 Å². The van der Waals surface area contributed by atoms with Crippen LogP contribution in [-0.2, 0) is 14.3 Å². The maximum atomic E-state index is 12.1. The Morgan fingerprint density at radius 3 is 2.56 bits per heavy atom. The van der Waals surface area contributed by atoms with E-state index >= 15 is 0 Å². The van der Waals surface area contributed by atoms with Gasteiger partial charge in [0.2, 0.25) is 0 Å². The average molecular weight is 374 g/mol. The van der Waals surface area contributed by atoms with E-state index in [0.29, 0.717) is 18.0 Å². The summed E-state index contributed by atoms with van der Waals surface area (Å²) in [5.41, 5.74) is 0.532. The van der Waals surface area contributed by atoms with Gasteiger partial charge in [0.05, 0.1) is 12.7 Å². The minimum absolute atomic E-state index is 0.116. The zero-order valence-electron chi connectivity index (χ0n) is 14.7. The maximum Gasteiger partial charge on any atom is 0.433 e. The van der Waals surface area contributed by atoms with E-state index in [1.807, 2.05) is 6.92 Å². The Balaban J connectivity index is 1.86. The first-order valence-electron chi connectivity index (χ1n) is 8.05. The lowest BCUT2D eigenvalue weighted by molar-refractivity contribution is -0.402. The predicted octanol–water partition coefficient (Wildman–Crippen LogP) is 3.17. The molecular weight excluding hydrogens is 356 g/mol. The Morgan fingerprint density at radius 2 is 1.96 bits per heavy atom. The molecular formula is C18H18N2O7. The van der Waals surface area contributed by atoms with Crippen LogP contribution in [0, 0.1) is 10.1 Å². The molecule has 2 rings (SSSR count). The normalized spacial score (nSPS) is 11.8. The van der Waals surface area contributed by atoms with Gasteiger partial charge in [-0.3, -0.25) is 14.9 Å². The number of carbonyl (C=O) groups is 2. The van der Waals surface area contributed by atoms with Crippen molar-refractivity contribution < 1.29 is 28.4 Å². The highest BCUT2D eigenvalue weighted by Crippen LogP contribution is 2.17. The number of esters is 1. The molecule has 27 heavy (non-hydrogen) atoms. The van der Waals surface area contributed by atoms with Gasteiger partial charge in [-0.25, -0.2) is 4.79 Å². The Labute approximate surface area is 154 Å². The molecule has 1 heterocycles. The number of ether oxygens (including phenoxy) is 2. The number of anilines is 1. The van der Waals surface area contributed by atoms with E-state index in [4.69, 9.17) is 13.9 Å². The van der Waals surface area contributed by atoms with Crippen LogP contribution in [0.1, 0.15) is 19.6 Å². The van der Waals surface area contributed by atoms with Crippen LogP contribution in [0.2, 0.25) is 0 Å². The van der Waals surface area contributed by atoms with E-state index in [-0.39, 0.29) is 5.76 Å². The number of nitro groups is 1. The van der Waals surface area contributed by atoms with Crippen molar-refractivity contribution in [3.05, 3.63) is 58.3 Å². The molecule has 0 aliphatic rings. The molecule has 0 fully saturated rings. The predicted molar refractivity (Wildman–Crippen MR) is 96.2 cm³/mol. The topological polar surface area (TPSA) is 121 Å². The van der Waals surface area contributed by atoms with E-state index in [1.54, 1.807) is 24.3 Å². The highest BCUT2D eigenvalue weighted by Gasteiger charge is 2.17. The summed E-state index contributed by atoms with van der Waals surface area (Å²) in [6.45, 7) is 3.83. The van der Waals surface area contributed by atoms with Gasteiger partial charge in [-0.2, -0.15) is 0 Å². The molecule has 1 aromatic carbocycles. The number of amides is 1. The van der Waals surface area contributed by atoms with Crippen LogP contribution < -0.4 is 10.1 Å². The Kier molecular flexibility index (Phi) is 6.70. The summed E-state index contributed by atoms with van der Waals surface area (Å²) in [7, 11) is 0. The second-order valence-corrected chi connectivity index (χ2v) is 5.29. The number of nitrogens with zero attached hydrogens (tertiary/aromatic N) is 1. The largest absolute Gasteiger partial charge is 0.494 e. The number of carbonyl (C=O) groups excluding carboxylic acids is 2. The van der Waals surface area contributed by atoms with Gasteiger partial charge in [-0.05, 0) is 50.3 Å². The van der Waals surface area contributed by atoms with Crippen molar-refractivity contribution in [1.29, 1.82) is 0 Å². The van der Waals surface area contributed by atoms with Gasteiger partial charge in [0, 0.05) is 11.8 Å². The fourth-order valence-electron chi connectivity index (χ4n) is 1.99. The van der Waals surface area contributed by atoms with Crippen LogP contribution in [0.5, 0.6) is 5.75 Å². The van der Waals surface area contributed by atoms with Crippen LogP contribution in [0.3, 0.4) is 0 Å². The summed E-state index contributed by atoms with van der Waals surface area (Å²) in [6.07, 6.45) is 1.19. The number of hydrogen-bond acceptors (Lipinski definition) is 7. The van der Waals surface area contributed by atoms with Gasteiger partial charge in [-0.1, -0.05) is 0 Å². The third kappa shape index (κ3) is 5.99. The molecule has 1 atom stereocenters. The summed E-state index contributed by atoms with van der Waals surface area (Å²) in [5.74, 6) is -0.938. The third-order valence-electron chi connectivity index (χ3n) is 3.27. The molecule has 0 aliphatic carbocycles.